The first-order valence-corrected chi connectivity index (χ1v) is 9.70. The smallest absolute Gasteiger partial charge is 0.744 e. The van der Waals surface area contributed by atoms with Crippen LogP contribution in [0.15, 0.2) is 46.2 Å². The quantitative estimate of drug-likeness (QED) is 0.405. The second-order valence-electron chi connectivity index (χ2n) is 5.45. The van der Waals surface area contributed by atoms with Crippen molar-refractivity contribution in [3.05, 3.63) is 58.7 Å². The Bertz CT molecular complexity index is 871. The van der Waals surface area contributed by atoms with Crippen molar-refractivity contribution < 1.29 is 53.6 Å². The van der Waals surface area contributed by atoms with Gasteiger partial charge in [0.2, 0.25) is 0 Å². The van der Waals surface area contributed by atoms with E-state index in [0.717, 1.165) is 11.1 Å². The van der Waals surface area contributed by atoms with E-state index < -0.39 is 20.2 Å². The summed E-state index contributed by atoms with van der Waals surface area (Å²) in [4.78, 5) is -0.263. The zero-order valence-corrected chi connectivity index (χ0v) is 21.6. The Balaban J connectivity index is 0.000000443. The van der Waals surface area contributed by atoms with Crippen LogP contribution in [-0.4, -0.2) is 25.9 Å². The first-order chi connectivity index (χ1) is 10.8. The molecule has 2 rings (SSSR count). The van der Waals surface area contributed by atoms with Crippen molar-refractivity contribution in [1.29, 1.82) is 0 Å². The van der Waals surface area contributed by atoms with Gasteiger partial charge >= 0.3 is 27.7 Å². The van der Waals surface area contributed by atoms with Gasteiger partial charge in [0.15, 0.2) is 0 Å². The molecule has 0 fully saturated rings. The molecule has 0 atom stereocenters. The topological polar surface area (TPSA) is 114 Å². The summed E-state index contributed by atoms with van der Waals surface area (Å²) >= 11 is 0. The Labute approximate surface area is 169 Å². The molecule has 25 heavy (non-hydrogen) atoms. The van der Waals surface area contributed by atoms with E-state index in [1.54, 1.807) is 38.1 Å². The maximum Gasteiger partial charge on any atom is 2.00 e. The van der Waals surface area contributed by atoms with E-state index in [2.05, 4.69) is 0 Å². The van der Waals surface area contributed by atoms with Crippen LogP contribution < -0.4 is 0 Å². The summed E-state index contributed by atoms with van der Waals surface area (Å²) in [7, 11) is -8.60. The van der Waals surface area contributed by atoms with Crippen molar-refractivity contribution in [3.8, 4) is 0 Å². The van der Waals surface area contributed by atoms with Gasteiger partial charge in [-0.05, 0) is 51.0 Å². The third kappa shape index (κ3) is 7.53. The minimum absolute atomic E-state index is 0. The molecule has 0 spiro atoms. The molecule has 0 aliphatic carbocycles. The second-order valence-corrected chi connectivity index (χ2v) is 8.14. The zero-order chi connectivity index (χ0) is 18.7. The molecular weight excluding hydrogens is 553 g/mol. The number of hydrogen-bond acceptors (Lipinski definition) is 6. The number of benzene rings is 2. The normalized spacial score (nSPS) is 11.1. The van der Waals surface area contributed by atoms with Crippen molar-refractivity contribution >= 4 is 20.2 Å². The van der Waals surface area contributed by atoms with E-state index in [9.17, 15) is 25.9 Å². The van der Waals surface area contributed by atoms with Crippen molar-refractivity contribution in [1.82, 2.24) is 0 Å². The Morgan fingerprint density at radius 2 is 0.920 bits per heavy atom. The molecule has 0 saturated carbocycles. The molecule has 2 aromatic carbocycles. The number of aryl methyl sites for hydroxylation is 4. The molecule has 0 unspecified atom stereocenters. The van der Waals surface area contributed by atoms with Crippen LogP contribution in [0, 0.1) is 27.7 Å². The molecule has 0 aliphatic rings. The van der Waals surface area contributed by atoms with E-state index in [0.29, 0.717) is 11.1 Å². The van der Waals surface area contributed by atoms with Crippen LogP contribution >= 0.6 is 0 Å². The molecule has 6 nitrogen and oxygen atoms in total. The van der Waals surface area contributed by atoms with Gasteiger partial charge in [-0.2, -0.15) is 0 Å². The first kappa shape index (κ1) is 24.2. The van der Waals surface area contributed by atoms with E-state index in [1.807, 2.05) is 13.8 Å². The molecule has 2 aromatic rings. The van der Waals surface area contributed by atoms with Gasteiger partial charge < -0.3 is 9.11 Å². The third-order valence-electron chi connectivity index (χ3n) is 3.20. The van der Waals surface area contributed by atoms with Gasteiger partial charge in [0, 0.05) is 0 Å². The summed E-state index contributed by atoms with van der Waals surface area (Å²) in [6.45, 7) is 6.90. The maximum absolute atomic E-state index is 10.6. The minimum Gasteiger partial charge on any atom is -0.744 e. The summed E-state index contributed by atoms with van der Waals surface area (Å²) in [5, 5.41) is 0. The molecule has 0 saturated heterocycles. The first-order valence-electron chi connectivity index (χ1n) is 6.88. The fraction of sp³-hybridized carbons (Fsp3) is 0.250. The van der Waals surface area contributed by atoms with E-state index in [4.69, 9.17) is 0 Å². The summed E-state index contributed by atoms with van der Waals surface area (Å²) in [5.41, 5.74) is 2.90. The predicted molar refractivity (Wildman–Crippen MR) is 87.8 cm³/mol. The fourth-order valence-corrected chi connectivity index (χ4v) is 3.54. The molecule has 132 valence electrons. The molecule has 0 radical (unpaired) electrons. The molecular formula is C16H18HgO6S2. The summed E-state index contributed by atoms with van der Waals surface area (Å²) in [6.07, 6.45) is 0. The molecule has 0 bridgehead atoms. The number of hydrogen-bond donors (Lipinski definition) is 0. The second kappa shape index (κ2) is 9.22. The average Bonchev–Trinajstić information content (AvgIpc) is 2.35. The van der Waals surface area contributed by atoms with Gasteiger partial charge in [-0.3, -0.25) is 0 Å². The Kier molecular flexibility index (Phi) is 8.93. The van der Waals surface area contributed by atoms with E-state index >= 15 is 0 Å². The fourth-order valence-electron chi connectivity index (χ4n) is 2.16. The van der Waals surface area contributed by atoms with Gasteiger partial charge in [0.05, 0.1) is 9.79 Å². The van der Waals surface area contributed by atoms with Crippen molar-refractivity contribution in [2.75, 3.05) is 0 Å². The van der Waals surface area contributed by atoms with Gasteiger partial charge in [-0.15, -0.1) is 0 Å². The Morgan fingerprint density at radius 1 is 0.640 bits per heavy atom. The minimum atomic E-state index is -4.30. The van der Waals surface area contributed by atoms with Gasteiger partial charge in [-0.25, -0.2) is 16.8 Å². The molecule has 0 aromatic heterocycles. The summed E-state index contributed by atoms with van der Waals surface area (Å²) < 4.78 is 63.7. The largest absolute Gasteiger partial charge is 2.00 e. The van der Waals surface area contributed by atoms with Gasteiger partial charge in [0.1, 0.15) is 20.2 Å². The number of rotatable bonds is 2. The van der Waals surface area contributed by atoms with Gasteiger partial charge in [-0.1, -0.05) is 35.4 Å². The van der Waals surface area contributed by atoms with Crippen LogP contribution in [0.25, 0.3) is 0 Å². The van der Waals surface area contributed by atoms with Crippen LogP contribution in [-0.2, 0) is 47.9 Å². The average molecular weight is 571 g/mol. The van der Waals surface area contributed by atoms with Crippen molar-refractivity contribution in [3.63, 3.8) is 0 Å². The van der Waals surface area contributed by atoms with Crippen LogP contribution in [0.2, 0.25) is 0 Å². The van der Waals surface area contributed by atoms with Crippen molar-refractivity contribution in [2.45, 2.75) is 37.5 Å². The van der Waals surface area contributed by atoms with Crippen LogP contribution in [0.5, 0.6) is 0 Å². The molecule has 9 heteroatoms. The zero-order valence-electron chi connectivity index (χ0n) is 14.4. The summed E-state index contributed by atoms with van der Waals surface area (Å²) in [5.74, 6) is 0. The van der Waals surface area contributed by atoms with Crippen molar-refractivity contribution in [2.24, 2.45) is 0 Å². The molecule has 0 aliphatic heterocycles. The Hall–Kier alpha value is -0.805. The maximum atomic E-state index is 10.6. The van der Waals surface area contributed by atoms with Crippen LogP contribution in [0.4, 0.5) is 0 Å². The Morgan fingerprint density at radius 3 is 1.12 bits per heavy atom. The molecule has 0 N–H and O–H groups in total. The van der Waals surface area contributed by atoms with Crippen LogP contribution in [0.3, 0.4) is 0 Å². The summed E-state index contributed by atoms with van der Waals surface area (Å²) in [6, 6.07) is 9.24. The van der Waals surface area contributed by atoms with Crippen LogP contribution in [0.1, 0.15) is 22.3 Å². The van der Waals surface area contributed by atoms with E-state index in [1.165, 1.54) is 12.1 Å². The monoisotopic (exact) mass is 572 g/mol. The van der Waals surface area contributed by atoms with Gasteiger partial charge in [0.25, 0.3) is 0 Å². The predicted octanol–water partition coefficient (Wildman–Crippen LogP) is 2.41. The SMILES string of the molecule is Cc1ccc(S(=O)(=O)[O-])c(C)c1.Cc1ccc(S(=O)(=O)[O-])c(C)c1.[Hg+2]. The standard InChI is InChI=1S/2C8H10O3S.Hg/c2*1-6-3-4-8(7(2)5-6)12(9,10)11;/h2*3-5H,1-2H3,(H,9,10,11);/q;;+2/p-2. The molecule has 0 heterocycles. The third-order valence-corrected chi connectivity index (χ3v) is 5.19. The molecule has 0 amide bonds. The van der Waals surface area contributed by atoms with E-state index in [-0.39, 0.29) is 37.5 Å².